The minimum absolute atomic E-state index is 0.0787. The second kappa shape index (κ2) is 7.19. The van der Waals surface area contributed by atoms with Crippen molar-refractivity contribution in [3.05, 3.63) is 35.6 Å². The molecule has 0 spiro atoms. The first-order chi connectivity index (χ1) is 9.63. The monoisotopic (exact) mass is 279 g/mol. The van der Waals surface area contributed by atoms with Gasteiger partial charge in [0, 0.05) is 24.6 Å². The smallest absolute Gasteiger partial charge is 0.123 e. The molecule has 0 heterocycles. The molecule has 1 fully saturated rings. The largest absolute Gasteiger partial charge is 0.396 e. The fourth-order valence-electron chi connectivity index (χ4n) is 3.13. The summed E-state index contributed by atoms with van der Waals surface area (Å²) in [7, 11) is 0. The van der Waals surface area contributed by atoms with Gasteiger partial charge in [0.15, 0.2) is 0 Å². The molecule has 1 unspecified atom stereocenters. The van der Waals surface area contributed by atoms with Crippen molar-refractivity contribution < 1.29 is 9.50 Å². The standard InChI is InChI=1S/C17H26FNO/c1-14(11-15-5-7-16(18)8-6-15)19-12-17(13-20)9-3-2-4-10-17/h5-8,14,19-20H,2-4,9-13H2,1H3. The highest BCUT2D eigenvalue weighted by Crippen LogP contribution is 2.35. The number of aliphatic hydroxyl groups is 1. The summed E-state index contributed by atoms with van der Waals surface area (Å²) in [5.74, 6) is -0.184. The van der Waals surface area contributed by atoms with E-state index in [0.29, 0.717) is 6.04 Å². The van der Waals surface area contributed by atoms with E-state index in [0.717, 1.165) is 31.4 Å². The second-order valence-corrected chi connectivity index (χ2v) is 6.33. The Labute approximate surface area is 121 Å². The zero-order valence-corrected chi connectivity index (χ0v) is 12.4. The third kappa shape index (κ3) is 4.29. The van der Waals surface area contributed by atoms with Crippen LogP contribution < -0.4 is 5.32 Å². The van der Waals surface area contributed by atoms with Gasteiger partial charge in [0.05, 0.1) is 0 Å². The number of halogens is 1. The summed E-state index contributed by atoms with van der Waals surface area (Å²) in [6, 6.07) is 7.05. The molecule has 0 aliphatic heterocycles. The molecular weight excluding hydrogens is 253 g/mol. The van der Waals surface area contributed by atoms with E-state index in [1.165, 1.54) is 31.4 Å². The lowest BCUT2D eigenvalue weighted by atomic mass is 9.74. The van der Waals surface area contributed by atoms with Crippen LogP contribution in [0.3, 0.4) is 0 Å². The van der Waals surface area contributed by atoms with Crippen LogP contribution >= 0.6 is 0 Å². The number of rotatable bonds is 6. The van der Waals surface area contributed by atoms with E-state index < -0.39 is 0 Å². The van der Waals surface area contributed by atoms with Crippen LogP contribution in [0.1, 0.15) is 44.6 Å². The summed E-state index contributed by atoms with van der Waals surface area (Å²) < 4.78 is 12.9. The molecule has 1 aliphatic rings. The van der Waals surface area contributed by atoms with Gasteiger partial charge in [-0.15, -0.1) is 0 Å². The van der Waals surface area contributed by atoms with Gasteiger partial charge < -0.3 is 10.4 Å². The van der Waals surface area contributed by atoms with Crippen molar-refractivity contribution in [2.45, 2.75) is 51.5 Å². The normalized spacial score (nSPS) is 19.8. The molecule has 20 heavy (non-hydrogen) atoms. The average molecular weight is 279 g/mol. The SMILES string of the molecule is CC(Cc1ccc(F)cc1)NCC1(CO)CCCCC1. The lowest BCUT2D eigenvalue weighted by Crippen LogP contribution is -2.42. The maximum atomic E-state index is 12.9. The van der Waals surface area contributed by atoms with Crippen LogP contribution in [0, 0.1) is 11.2 Å². The second-order valence-electron chi connectivity index (χ2n) is 6.33. The zero-order valence-electron chi connectivity index (χ0n) is 12.4. The highest BCUT2D eigenvalue weighted by Gasteiger charge is 2.31. The zero-order chi connectivity index (χ0) is 14.4. The Balaban J connectivity index is 1.81. The minimum Gasteiger partial charge on any atom is -0.396 e. The Morgan fingerprint density at radius 1 is 1.20 bits per heavy atom. The Kier molecular flexibility index (Phi) is 5.55. The molecule has 0 saturated heterocycles. The van der Waals surface area contributed by atoms with Gasteiger partial charge >= 0.3 is 0 Å². The molecule has 2 nitrogen and oxygen atoms in total. The van der Waals surface area contributed by atoms with E-state index in [-0.39, 0.29) is 17.8 Å². The predicted molar refractivity (Wildman–Crippen MR) is 80.2 cm³/mol. The molecule has 0 radical (unpaired) electrons. The van der Waals surface area contributed by atoms with Crippen LogP contribution in [0.2, 0.25) is 0 Å². The van der Waals surface area contributed by atoms with Gasteiger partial charge in [-0.1, -0.05) is 31.4 Å². The summed E-state index contributed by atoms with van der Waals surface area (Å²) in [5.41, 5.74) is 1.23. The third-order valence-corrected chi connectivity index (χ3v) is 4.53. The minimum atomic E-state index is -0.184. The van der Waals surface area contributed by atoms with E-state index in [1.807, 2.05) is 12.1 Å². The summed E-state index contributed by atoms with van der Waals surface area (Å²) >= 11 is 0. The van der Waals surface area contributed by atoms with Crippen LogP contribution in [0.4, 0.5) is 4.39 Å². The van der Waals surface area contributed by atoms with E-state index >= 15 is 0 Å². The van der Waals surface area contributed by atoms with Crippen molar-refractivity contribution in [1.29, 1.82) is 0 Å². The van der Waals surface area contributed by atoms with Crippen molar-refractivity contribution in [3.63, 3.8) is 0 Å². The van der Waals surface area contributed by atoms with Crippen LogP contribution in [-0.2, 0) is 6.42 Å². The van der Waals surface area contributed by atoms with Gasteiger partial charge in [0.1, 0.15) is 5.82 Å². The molecule has 0 bridgehead atoms. The Morgan fingerprint density at radius 2 is 1.85 bits per heavy atom. The first-order valence-electron chi connectivity index (χ1n) is 7.72. The molecule has 3 heteroatoms. The average Bonchev–Trinajstić information content (AvgIpc) is 2.49. The number of hydrogen-bond acceptors (Lipinski definition) is 2. The number of hydrogen-bond donors (Lipinski definition) is 2. The molecule has 1 saturated carbocycles. The van der Waals surface area contributed by atoms with Crippen molar-refractivity contribution >= 4 is 0 Å². The Hall–Kier alpha value is -0.930. The van der Waals surface area contributed by atoms with Crippen molar-refractivity contribution in [3.8, 4) is 0 Å². The third-order valence-electron chi connectivity index (χ3n) is 4.53. The fourth-order valence-corrected chi connectivity index (χ4v) is 3.13. The Bertz CT molecular complexity index is 398. The van der Waals surface area contributed by atoms with Crippen LogP contribution in [-0.4, -0.2) is 24.3 Å². The van der Waals surface area contributed by atoms with Gasteiger partial charge in [-0.05, 0) is 43.9 Å². The van der Waals surface area contributed by atoms with Crippen LogP contribution in [0.15, 0.2) is 24.3 Å². The summed E-state index contributed by atoms with van der Waals surface area (Å²) in [6.45, 7) is 3.31. The van der Waals surface area contributed by atoms with Gasteiger partial charge in [-0.2, -0.15) is 0 Å². The first-order valence-corrected chi connectivity index (χ1v) is 7.72. The first kappa shape index (κ1) is 15.5. The highest BCUT2D eigenvalue weighted by atomic mass is 19.1. The molecule has 112 valence electrons. The number of aliphatic hydroxyl groups excluding tert-OH is 1. The quantitative estimate of drug-likeness (QED) is 0.837. The number of nitrogens with one attached hydrogen (secondary N) is 1. The lowest BCUT2D eigenvalue weighted by molar-refractivity contribution is 0.0789. The van der Waals surface area contributed by atoms with Gasteiger partial charge in [-0.3, -0.25) is 0 Å². The van der Waals surface area contributed by atoms with Gasteiger partial charge in [-0.25, -0.2) is 4.39 Å². The van der Waals surface area contributed by atoms with E-state index in [1.54, 1.807) is 0 Å². The maximum Gasteiger partial charge on any atom is 0.123 e. The Morgan fingerprint density at radius 3 is 2.45 bits per heavy atom. The topological polar surface area (TPSA) is 32.3 Å². The fraction of sp³-hybridized carbons (Fsp3) is 0.647. The summed E-state index contributed by atoms with van der Waals surface area (Å²) in [5, 5.41) is 13.2. The lowest BCUT2D eigenvalue weighted by Gasteiger charge is -2.36. The molecular formula is C17H26FNO. The molecule has 0 amide bonds. The molecule has 0 aromatic heterocycles. The van der Waals surface area contributed by atoms with Crippen LogP contribution in [0.5, 0.6) is 0 Å². The van der Waals surface area contributed by atoms with Gasteiger partial charge in [0.2, 0.25) is 0 Å². The van der Waals surface area contributed by atoms with Crippen molar-refractivity contribution in [2.24, 2.45) is 5.41 Å². The highest BCUT2D eigenvalue weighted by molar-refractivity contribution is 5.17. The van der Waals surface area contributed by atoms with Gasteiger partial charge in [0.25, 0.3) is 0 Å². The molecule has 2 N–H and O–H groups in total. The molecule has 1 aromatic carbocycles. The van der Waals surface area contributed by atoms with Crippen LogP contribution in [0.25, 0.3) is 0 Å². The van der Waals surface area contributed by atoms with E-state index in [9.17, 15) is 9.50 Å². The number of benzene rings is 1. The maximum absolute atomic E-state index is 12.9. The molecule has 1 aromatic rings. The van der Waals surface area contributed by atoms with E-state index in [4.69, 9.17) is 0 Å². The predicted octanol–water partition coefficient (Wildman–Crippen LogP) is 3.29. The van der Waals surface area contributed by atoms with Crippen molar-refractivity contribution in [1.82, 2.24) is 5.32 Å². The molecule has 1 atom stereocenters. The summed E-state index contributed by atoms with van der Waals surface area (Å²) in [4.78, 5) is 0. The molecule has 2 rings (SSSR count). The van der Waals surface area contributed by atoms with Crippen molar-refractivity contribution in [2.75, 3.05) is 13.2 Å². The molecule has 1 aliphatic carbocycles. The van der Waals surface area contributed by atoms with E-state index in [2.05, 4.69) is 12.2 Å². The summed E-state index contributed by atoms with van der Waals surface area (Å²) in [6.07, 6.45) is 6.90.